The average molecular weight is 376 g/mol. The number of hydrogen-bond donors (Lipinski definition) is 5. The van der Waals surface area contributed by atoms with Crippen LogP contribution in [-0.2, 0) is 9.26 Å². The third kappa shape index (κ3) is 6.30. The molecule has 25 heavy (non-hydrogen) atoms. The van der Waals surface area contributed by atoms with Crippen LogP contribution < -0.4 is 16.8 Å². The number of aliphatic hydroxyl groups excluding tert-OH is 2. The molecule has 1 fully saturated rings. The fourth-order valence-corrected chi connectivity index (χ4v) is 2.41. The van der Waals surface area contributed by atoms with Crippen LogP contribution in [-0.4, -0.2) is 49.6 Å². The first-order valence-electron chi connectivity index (χ1n) is 7.26. The molecular weight excluding hydrogens is 355 g/mol. The fourth-order valence-electron chi connectivity index (χ4n) is 2.04. The van der Waals surface area contributed by atoms with Crippen LogP contribution in [0.1, 0.15) is 25.1 Å². The maximum Gasteiger partial charge on any atom is 0.330 e. The SMILES string of the molecule is CC(C#N)OP(N)O.Cc1cn([C@H]2C[C@H](O)[C@@H](CO)O2)c(=O)[nH]c1=O. The number of nitrogens with one attached hydrogen (secondary N) is 1. The normalized spacial score (nSPS) is 24.8. The van der Waals surface area contributed by atoms with Crippen molar-refractivity contribution in [3.05, 3.63) is 32.6 Å². The van der Waals surface area contributed by atoms with Gasteiger partial charge in [0, 0.05) is 18.2 Å². The Morgan fingerprint density at radius 1 is 1.64 bits per heavy atom. The molecule has 0 bridgehead atoms. The molecule has 0 saturated carbocycles. The number of aliphatic hydroxyl groups is 2. The fraction of sp³-hybridized carbons (Fsp3) is 0.615. The van der Waals surface area contributed by atoms with Crippen molar-refractivity contribution in [2.75, 3.05) is 6.61 Å². The first kappa shape index (κ1) is 21.4. The third-order valence-electron chi connectivity index (χ3n) is 3.29. The van der Waals surface area contributed by atoms with Gasteiger partial charge >= 0.3 is 5.69 Å². The van der Waals surface area contributed by atoms with Gasteiger partial charge in [-0.05, 0) is 13.8 Å². The molecule has 0 aliphatic carbocycles. The Morgan fingerprint density at radius 3 is 2.72 bits per heavy atom. The first-order chi connectivity index (χ1) is 11.7. The summed E-state index contributed by atoms with van der Waals surface area (Å²) in [6.07, 6.45) is -1.20. The Kier molecular flexibility index (Phi) is 8.34. The van der Waals surface area contributed by atoms with Crippen LogP contribution in [0.25, 0.3) is 0 Å². The molecule has 0 radical (unpaired) electrons. The van der Waals surface area contributed by atoms with Gasteiger partial charge in [-0.15, -0.1) is 0 Å². The van der Waals surface area contributed by atoms with E-state index in [1.165, 1.54) is 17.7 Å². The molecule has 2 heterocycles. The second-order valence-electron chi connectivity index (χ2n) is 5.27. The molecule has 12 heteroatoms. The Hall–Kier alpha value is -1.64. The van der Waals surface area contributed by atoms with Crippen LogP contribution in [0.2, 0.25) is 0 Å². The molecule has 1 aromatic rings. The summed E-state index contributed by atoms with van der Waals surface area (Å²) in [6.45, 7) is 2.77. The Bertz CT molecular complexity index is 714. The Labute approximate surface area is 144 Å². The second kappa shape index (κ2) is 9.74. The molecule has 0 spiro atoms. The third-order valence-corrected chi connectivity index (χ3v) is 3.82. The summed E-state index contributed by atoms with van der Waals surface area (Å²) in [5, 5.41) is 26.6. The highest BCUT2D eigenvalue weighted by Crippen LogP contribution is 2.27. The monoisotopic (exact) mass is 376 g/mol. The number of aromatic nitrogens is 2. The van der Waals surface area contributed by atoms with Crippen LogP contribution >= 0.6 is 8.53 Å². The topological polar surface area (TPSA) is 184 Å². The number of nitrogens with zero attached hydrogens (tertiary/aromatic N) is 2. The molecule has 2 rings (SSSR count). The van der Waals surface area contributed by atoms with E-state index in [0.717, 1.165) is 0 Å². The van der Waals surface area contributed by atoms with Crippen LogP contribution in [0.5, 0.6) is 0 Å². The summed E-state index contributed by atoms with van der Waals surface area (Å²) in [5.74, 6) is 0. The minimum atomic E-state index is -1.87. The van der Waals surface area contributed by atoms with Gasteiger partial charge in [-0.3, -0.25) is 19.8 Å². The Morgan fingerprint density at radius 2 is 2.28 bits per heavy atom. The zero-order valence-corrected chi connectivity index (χ0v) is 14.6. The zero-order valence-electron chi connectivity index (χ0n) is 13.7. The molecule has 5 atom stereocenters. The van der Waals surface area contributed by atoms with Crippen molar-refractivity contribution in [1.82, 2.24) is 9.55 Å². The number of nitrogens with two attached hydrogens (primary N) is 1. The molecule has 0 aromatic carbocycles. The van der Waals surface area contributed by atoms with Gasteiger partial charge in [0.15, 0.2) is 0 Å². The number of ether oxygens (including phenoxy) is 1. The Balaban J connectivity index is 0.000000333. The molecule has 2 unspecified atom stereocenters. The zero-order chi connectivity index (χ0) is 19.1. The van der Waals surface area contributed by atoms with E-state index in [2.05, 4.69) is 9.51 Å². The van der Waals surface area contributed by atoms with Crippen molar-refractivity contribution in [2.45, 2.75) is 44.8 Å². The molecule has 140 valence electrons. The molecule has 1 saturated heterocycles. The van der Waals surface area contributed by atoms with E-state index in [-0.39, 0.29) is 13.0 Å². The van der Waals surface area contributed by atoms with Gasteiger partial charge in [-0.2, -0.15) is 5.26 Å². The maximum atomic E-state index is 11.6. The maximum absolute atomic E-state index is 11.6. The lowest BCUT2D eigenvalue weighted by atomic mass is 10.2. The number of rotatable bonds is 4. The lowest BCUT2D eigenvalue weighted by Crippen LogP contribution is -2.33. The first-order valence-corrected chi connectivity index (χ1v) is 8.54. The highest BCUT2D eigenvalue weighted by Gasteiger charge is 2.34. The minimum absolute atomic E-state index is 0.205. The molecule has 1 aliphatic rings. The van der Waals surface area contributed by atoms with Crippen molar-refractivity contribution in [1.29, 1.82) is 5.26 Å². The average Bonchev–Trinajstić information content (AvgIpc) is 2.91. The van der Waals surface area contributed by atoms with Crippen LogP contribution in [0.4, 0.5) is 0 Å². The van der Waals surface area contributed by atoms with Crippen LogP contribution in [0, 0.1) is 18.3 Å². The van der Waals surface area contributed by atoms with Gasteiger partial charge in [0.25, 0.3) is 14.1 Å². The predicted octanol–water partition coefficient (Wildman–Crippen LogP) is -1.42. The summed E-state index contributed by atoms with van der Waals surface area (Å²) in [4.78, 5) is 33.2. The van der Waals surface area contributed by atoms with E-state index >= 15 is 0 Å². The second-order valence-corrected chi connectivity index (χ2v) is 6.09. The smallest absolute Gasteiger partial charge is 0.330 e. The summed E-state index contributed by atoms with van der Waals surface area (Å²) in [5.41, 5.74) is 4.17. The molecule has 6 N–H and O–H groups in total. The van der Waals surface area contributed by atoms with Gasteiger partial charge < -0.3 is 24.4 Å². The van der Waals surface area contributed by atoms with Gasteiger partial charge in [-0.1, -0.05) is 0 Å². The number of hydrogen-bond acceptors (Lipinski definition) is 9. The molecule has 0 amide bonds. The highest BCUT2D eigenvalue weighted by molar-refractivity contribution is 7.43. The van der Waals surface area contributed by atoms with E-state index in [1.54, 1.807) is 13.0 Å². The van der Waals surface area contributed by atoms with Gasteiger partial charge in [0.1, 0.15) is 18.4 Å². The lowest BCUT2D eigenvalue weighted by molar-refractivity contribution is -0.0459. The molecular formula is C13H21N4O7P. The molecule has 1 aliphatic heterocycles. The van der Waals surface area contributed by atoms with Gasteiger partial charge in [0.2, 0.25) is 0 Å². The minimum Gasteiger partial charge on any atom is -0.394 e. The standard InChI is InChI=1S/C10H14N2O5.C3H7N2O2P/c1-5-3-12(10(16)11-9(5)15)8-2-6(14)7(4-13)17-8;1-3(2-4)7-8(5)6/h3,6-8,13-14H,2,4H2,1H3,(H,11,15,16);3,6H,5H2,1H3/t6-,7+,8+;/m0./s1. The summed E-state index contributed by atoms with van der Waals surface area (Å²) in [7, 11) is -1.87. The van der Waals surface area contributed by atoms with Crippen molar-refractivity contribution < 1.29 is 24.4 Å². The number of aromatic amines is 1. The highest BCUT2D eigenvalue weighted by atomic mass is 31.2. The van der Waals surface area contributed by atoms with E-state index in [1.807, 2.05) is 0 Å². The van der Waals surface area contributed by atoms with E-state index in [4.69, 9.17) is 25.5 Å². The summed E-state index contributed by atoms with van der Waals surface area (Å²) < 4.78 is 11.0. The summed E-state index contributed by atoms with van der Waals surface area (Å²) >= 11 is 0. The van der Waals surface area contributed by atoms with Crippen LogP contribution in [0.3, 0.4) is 0 Å². The van der Waals surface area contributed by atoms with E-state index in [9.17, 15) is 14.7 Å². The predicted molar refractivity (Wildman–Crippen MR) is 87.2 cm³/mol. The number of aryl methyl sites for hydroxylation is 1. The number of nitriles is 1. The van der Waals surface area contributed by atoms with Crippen molar-refractivity contribution >= 4 is 8.53 Å². The van der Waals surface area contributed by atoms with E-state index in [0.29, 0.717) is 5.56 Å². The van der Waals surface area contributed by atoms with Crippen LogP contribution in [0.15, 0.2) is 15.8 Å². The lowest BCUT2D eigenvalue weighted by Gasteiger charge is -2.14. The van der Waals surface area contributed by atoms with E-state index < -0.39 is 44.3 Å². The number of H-pyrrole nitrogens is 1. The summed E-state index contributed by atoms with van der Waals surface area (Å²) in [6, 6.07) is 1.75. The van der Waals surface area contributed by atoms with Crippen molar-refractivity contribution in [2.24, 2.45) is 5.50 Å². The largest absolute Gasteiger partial charge is 0.394 e. The van der Waals surface area contributed by atoms with Gasteiger partial charge in [-0.25, -0.2) is 4.79 Å². The van der Waals surface area contributed by atoms with Gasteiger partial charge in [0.05, 0.1) is 18.8 Å². The molecule has 11 nitrogen and oxygen atoms in total. The van der Waals surface area contributed by atoms with Crippen molar-refractivity contribution in [3.8, 4) is 6.07 Å². The van der Waals surface area contributed by atoms with Crippen molar-refractivity contribution in [3.63, 3.8) is 0 Å². The molecule has 1 aromatic heterocycles. The quantitative estimate of drug-likeness (QED) is 0.393.